The van der Waals surface area contributed by atoms with Crippen molar-refractivity contribution < 1.29 is 14.4 Å². The SMILES string of the molecule is CC[C@H](NC(=O)N[C@H](C)C[C@H](O)c1ccccc1)c1noc(C)n1. The van der Waals surface area contributed by atoms with Crippen LogP contribution in [0.2, 0.25) is 0 Å². The van der Waals surface area contributed by atoms with Crippen LogP contribution in [0.1, 0.15) is 56.1 Å². The van der Waals surface area contributed by atoms with Gasteiger partial charge in [-0.05, 0) is 25.3 Å². The van der Waals surface area contributed by atoms with Gasteiger partial charge in [0.05, 0.1) is 12.1 Å². The molecular formula is C17H24N4O3. The van der Waals surface area contributed by atoms with Crippen LogP contribution in [0, 0.1) is 6.92 Å². The van der Waals surface area contributed by atoms with Gasteiger partial charge in [-0.25, -0.2) is 4.79 Å². The van der Waals surface area contributed by atoms with Crippen molar-refractivity contribution in [2.75, 3.05) is 0 Å². The first-order chi connectivity index (χ1) is 11.5. The zero-order chi connectivity index (χ0) is 17.5. The molecule has 2 rings (SSSR count). The second-order valence-corrected chi connectivity index (χ2v) is 5.81. The smallest absolute Gasteiger partial charge is 0.315 e. The molecule has 130 valence electrons. The summed E-state index contributed by atoms with van der Waals surface area (Å²) in [5.74, 6) is 0.923. The number of carbonyl (C=O) groups is 1. The molecule has 0 fully saturated rings. The van der Waals surface area contributed by atoms with E-state index >= 15 is 0 Å². The van der Waals surface area contributed by atoms with Crippen molar-refractivity contribution >= 4 is 6.03 Å². The highest BCUT2D eigenvalue weighted by Crippen LogP contribution is 2.18. The number of aryl methyl sites for hydroxylation is 1. The summed E-state index contributed by atoms with van der Waals surface area (Å²) < 4.78 is 4.95. The Morgan fingerprint density at radius 1 is 1.29 bits per heavy atom. The van der Waals surface area contributed by atoms with E-state index in [1.807, 2.05) is 44.2 Å². The molecule has 0 saturated heterocycles. The van der Waals surface area contributed by atoms with E-state index in [2.05, 4.69) is 20.8 Å². The highest BCUT2D eigenvalue weighted by atomic mass is 16.5. The van der Waals surface area contributed by atoms with E-state index in [0.29, 0.717) is 24.6 Å². The summed E-state index contributed by atoms with van der Waals surface area (Å²) in [5, 5.41) is 19.7. The maximum atomic E-state index is 12.1. The van der Waals surface area contributed by atoms with Gasteiger partial charge in [-0.15, -0.1) is 0 Å². The maximum absolute atomic E-state index is 12.1. The lowest BCUT2D eigenvalue weighted by atomic mass is 10.0. The predicted molar refractivity (Wildman–Crippen MR) is 89.2 cm³/mol. The van der Waals surface area contributed by atoms with Crippen molar-refractivity contribution in [2.24, 2.45) is 0 Å². The lowest BCUT2D eigenvalue weighted by Crippen LogP contribution is -2.43. The minimum Gasteiger partial charge on any atom is -0.388 e. The molecule has 0 spiro atoms. The molecular weight excluding hydrogens is 308 g/mol. The summed E-state index contributed by atoms with van der Waals surface area (Å²) in [7, 11) is 0. The lowest BCUT2D eigenvalue weighted by Gasteiger charge is -2.20. The maximum Gasteiger partial charge on any atom is 0.315 e. The van der Waals surface area contributed by atoms with E-state index in [1.54, 1.807) is 6.92 Å². The van der Waals surface area contributed by atoms with Crippen LogP contribution in [0.5, 0.6) is 0 Å². The number of urea groups is 1. The van der Waals surface area contributed by atoms with Gasteiger partial charge in [-0.2, -0.15) is 4.98 Å². The molecule has 3 N–H and O–H groups in total. The average Bonchev–Trinajstić information content (AvgIpc) is 2.99. The predicted octanol–water partition coefficient (Wildman–Crippen LogP) is 2.64. The number of carbonyl (C=O) groups excluding carboxylic acids is 1. The number of hydrogen-bond acceptors (Lipinski definition) is 5. The minimum absolute atomic E-state index is 0.190. The van der Waals surface area contributed by atoms with Crippen molar-refractivity contribution in [3.05, 3.63) is 47.6 Å². The van der Waals surface area contributed by atoms with Gasteiger partial charge in [0.25, 0.3) is 0 Å². The highest BCUT2D eigenvalue weighted by molar-refractivity contribution is 5.74. The topological polar surface area (TPSA) is 100 Å². The molecule has 0 unspecified atom stereocenters. The van der Waals surface area contributed by atoms with E-state index in [0.717, 1.165) is 5.56 Å². The third kappa shape index (κ3) is 5.06. The lowest BCUT2D eigenvalue weighted by molar-refractivity contribution is 0.154. The molecule has 0 bridgehead atoms. The number of nitrogens with zero attached hydrogens (tertiary/aromatic N) is 2. The zero-order valence-electron chi connectivity index (χ0n) is 14.2. The van der Waals surface area contributed by atoms with Gasteiger partial charge in [0.1, 0.15) is 0 Å². The molecule has 2 amide bonds. The van der Waals surface area contributed by atoms with Gasteiger partial charge in [0.15, 0.2) is 5.82 Å². The molecule has 1 aromatic heterocycles. The van der Waals surface area contributed by atoms with Gasteiger partial charge in [-0.1, -0.05) is 42.4 Å². The quantitative estimate of drug-likeness (QED) is 0.724. The molecule has 1 aromatic carbocycles. The van der Waals surface area contributed by atoms with E-state index in [4.69, 9.17) is 4.52 Å². The number of rotatable bonds is 7. The second kappa shape index (κ2) is 8.44. The third-order valence-corrected chi connectivity index (χ3v) is 3.71. The molecule has 0 aliphatic rings. The molecule has 0 saturated carbocycles. The number of aromatic nitrogens is 2. The molecule has 0 aliphatic heterocycles. The van der Waals surface area contributed by atoms with Crippen LogP contribution in [0.3, 0.4) is 0 Å². The Labute approximate surface area is 141 Å². The fourth-order valence-corrected chi connectivity index (χ4v) is 2.43. The van der Waals surface area contributed by atoms with Crippen LogP contribution in [-0.4, -0.2) is 27.3 Å². The van der Waals surface area contributed by atoms with Gasteiger partial charge < -0.3 is 20.3 Å². The fourth-order valence-electron chi connectivity index (χ4n) is 2.43. The van der Waals surface area contributed by atoms with E-state index in [-0.39, 0.29) is 18.1 Å². The standard InChI is InChI=1S/C17H24N4O3/c1-4-14(16-19-12(3)24-21-16)20-17(23)18-11(2)10-15(22)13-8-6-5-7-9-13/h5-9,11,14-15,22H,4,10H2,1-3H3,(H2,18,20,23)/t11-,14+,15+/m1/s1. The summed E-state index contributed by atoms with van der Waals surface area (Å²) in [6.07, 6.45) is 0.450. The van der Waals surface area contributed by atoms with Crippen molar-refractivity contribution in [1.29, 1.82) is 0 Å². The van der Waals surface area contributed by atoms with Crippen LogP contribution >= 0.6 is 0 Å². The fraction of sp³-hybridized carbons (Fsp3) is 0.471. The van der Waals surface area contributed by atoms with E-state index in [9.17, 15) is 9.90 Å². The van der Waals surface area contributed by atoms with Crippen LogP contribution in [0.15, 0.2) is 34.9 Å². The number of nitrogens with one attached hydrogen (secondary N) is 2. The van der Waals surface area contributed by atoms with Crippen molar-refractivity contribution in [1.82, 2.24) is 20.8 Å². The van der Waals surface area contributed by atoms with E-state index < -0.39 is 6.10 Å². The summed E-state index contributed by atoms with van der Waals surface area (Å²) in [6.45, 7) is 5.49. The molecule has 24 heavy (non-hydrogen) atoms. The van der Waals surface area contributed by atoms with Crippen LogP contribution in [0.4, 0.5) is 4.79 Å². The summed E-state index contributed by atoms with van der Waals surface area (Å²) >= 11 is 0. The minimum atomic E-state index is -0.622. The third-order valence-electron chi connectivity index (χ3n) is 3.71. The summed E-state index contributed by atoms with van der Waals surface area (Å²) in [4.78, 5) is 16.3. The normalized spacial score (nSPS) is 14.7. The molecule has 2 aromatic rings. The van der Waals surface area contributed by atoms with Gasteiger partial charge >= 0.3 is 6.03 Å². The second-order valence-electron chi connectivity index (χ2n) is 5.81. The van der Waals surface area contributed by atoms with Crippen LogP contribution in [0.25, 0.3) is 0 Å². The Morgan fingerprint density at radius 2 is 2.00 bits per heavy atom. The molecule has 0 aliphatic carbocycles. The average molecular weight is 332 g/mol. The monoisotopic (exact) mass is 332 g/mol. The highest BCUT2D eigenvalue weighted by Gasteiger charge is 2.20. The Balaban J connectivity index is 1.84. The number of benzene rings is 1. The number of amides is 2. The van der Waals surface area contributed by atoms with Crippen molar-refractivity contribution in [3.63, 3.8) is 0 Å². The van der Waals surface area contributed by atoms with Gasteiger partial charge in [0.2, 0.25) is 5.89 Å². The Hall–Kier alpha value is -2.41. The van der Waals surface area contributed by atoms with Crippen LogP contribution < -0.4 is 10.6 Å². The largest absolute Gasteiger partial charge is 0.388 e. The number of aliphatic hydroxyl groups is 1. The summed E-state index contributed by atoms with van der Waals surface area (Å²) in [6, 6.07) is 8.56. The Kier molecular flexibility index (Phi) is 6.31. The van der Waals surface area contributed by atoms with Crippen molar-refractivity contribution in [2.45, 2.75) is 51.8 Å². The molecule has 7 nitrogen and oxygen atoms in total. The van der Waals surface area contributed by atoms with Crippen LogP contribution in [-0.2, 0) is 0 Å². The Bertz CT molecular complexity index is 644. The number of aliphatic hydroxyl groups excluding tert-OH is 1. The Morgan fingerprint density at radius 3 is 2.58 bits per heavy atom. The van der Waals surface area contributed by atoms with Gasteiger partial charge in [-0.3, -0.25) is 0 Å². The molecule has 1 heterocycles. The first-order valence-electron chi connectivity index (χ1n) is 8.09. The van der Waals surface area contributed by atoms with E-state index in [1.165, 1.54) is 0 Å². The van der Waals surface area contributed by atoms with Gasteiger partial charge in [0, 0.05) is 13.0 Å². The first kappa shape index (κ1) is 17.9. The number of hydrogen-bond donors (Lipinski definition) is 3. The molecule has 0 radical (unpaired) electrons. The molecule has 7 heteroatoms. The summed E-state index contributed by atoms with van der Waals surface area (Å²) in [5.41, 5.74) is 0.834. The zero-order valence-corrected chi connectivity index (χ0v) is 14.2. The molecule has 3 atom stereocenters. The van der Waals surface area contributed by atoms with Crippen molar-refractivity contribution in [3.8, 4) is 0 Å². The first-order valence-corrected chi connectivity index (χ1v) is 8.09.